The molecule has 1 aromatic carbocycles. The molecule has 210 valence electrons. The van der Waals surface area contributed by atoms with Gasteiger partial charge >= 0.3 is 12.1 Å². The van der Waals surface area contributed by atoms with E-state index in [1.807, 2.05) is 30.9 Å². The minimum Gasteiger partial charge on any atom is -0.487 e. The lowest BCUT2D eigenvalue weighted by Crippen LogP contribution is -2.57. The third kappa shape index (κ3) is 5.72. The van der Waals surface area contributed by atoms with Gasteiger partial charge in [0.15, 0.2) is 0 Å². The van der Waals surface area contributed by atoms with Crippen LogP contribution in [-0.2, 0) is 22.5 Å². The smallest absolute Gasteiger partial charge is 0.487 e. The SMILES string of the molecule is CC1(C)Cc2c(Cl)ccc(CN3CCC4(CCN(C(=O)c5ccncc5)CC4)C(OC(=O)C(F)(F)F)C3)c2O1. The molecule has 0 N–H and O–H groups in total. The summed E-state index contributed by atoms with van der Waals surface area (Å²) in [6, 6.07) is 6.98. The molecule has 0 bridgehead atoms. The lowest BCUT2D eigenvalue weighted by atomic mass is 9.69. The average molecular weight is 566 g/mol. The molecule has 3 aliphatic rings. The summed E-state index contributed by atoms with van der Waals surface area (Å²) in [5, 5.41) is 0.627. The van der Waals surface area contributed by atoms with Crippen molar-refractivity contribution >= 4 is 23.5 Å². The number of benzene rings is 1. The van der Waals surface area contributed by atoms with Crippen LogP contribution in [0.5, 0.6) is 5.75 Å². The number of carbonyl (C=O) groups excluding carboxylic acids is 2. The molecule has 11 heteroatoms. The lowest BCUT2D eigenvalue weighted by molar-refractivity contribution is -0.216. The zero-order chi connectivity index (χ0) is 28.0. The highest BCUT2D eigenvalue weighted by molar-refractivity contribution is 6.31. The summed E-state index contributed by atoms with van der Waals surface area (Å²) in [6.07, 6.45) is -0.857. The summed E-state index contributed by atoms with van der Waals surface area (Å²) in [5.41, 5.74) is 1.29. The average Bonchev–Trinajstić information content (AvgIpc) is 3.24. The number of alkyl halides is 3. The molecule has 1 unspecified atom stereocenters. The van der Waals surface area contributed by atoms with E-state index < -0.39 is 29.3 Å². The Morgan fingerprint density at radius 2 is 1.77 bits per heavy atom. The topological polar surface area (TPSA) is 72.0 Å². The van der Waals surface area contributed by atoms with E-state index in [9.17, 15) is 22.8 Å². The van der Waals surface area contributed by atoms with Gasteiger partial charge in [0, 0.05) is 72.1 Å². The maximum atomic E-state index is 13.2. The predicted molar refractivity (Wildman–Crippen MR) is 137 cm³/mol. The zero-order valence-electron chi connectivity index (χ0n) is 21.9. The van der Waals surface area contributed by atoms with Crippen LogP contribution < -0.4 is 4.74 Å². The Balaban J connectivity index is 1.33. The summed E-state index contributed by atoms with van der Waals surface area (Å²) in [7, 11) is 0. The van der Waals surface area contributed by atoms with Crippen LogP contribution in [-0.4, -0.2) is 70.7 Å². The van der Waals surface area contributed by atoms with Crippen LogP contribution in [0.3, 0.4) is 0 Å². The molecule has 4 heterocycles. The number of amides is 1. The van der Waals surface area contributed by atoms with Gasteiger partial charge in [-0.05, 0) is 57.9 Å². The minimum absolute atomic E-state index is 0.145. The number of likely N-dealkylation sites (tertiary alicyclic amines) is 2. The van der Waals surface area contributed by atoms with E-state index in [1.165, 1.54) is 0 Å². The number of nitrogens with zero attached hydrogens (tertiary/aromatic N) is 3. The molecule has 3 aliphatic heterocycles. The van der Waals surface area contributed by atoms with E-state index in [1.54, 1.807) is 29.4 Å². The van der Waals surface area contributed by atoms with Crippen LogP contribution >= 0.6 is 11.6 Å². The Bertz CT molecular complexity index is 1250. The van der Waals surface area contributed by atoms with E-state index in [0.717, 1.165) is 16.9 Å². The van der Waals surface area contributed by atoms with Crippen LogP contribution in [0.2, 0.25) is 5.02 Å². The molecule has 7 nitrogen and oxygen atoms in total. The van der Waals surface area contributed by atoms with Crippen LogP contribution in [0.1, 0.15) is 54.6 Å². The third-order valence-corrected chi connectivity index (χ3v) is 8.50. The molecule has 1 atom stereocenters. The Labute approximate surface area is 230 Å². The Morgan fingerprint density at radius 3 is 2.44 bits per heavy atom. The summed E-state index contributed by atoms with van der Waals surface area (Å²) in [5.74, 6) is -1.60. The van der Waals surface area contributed by atoms with Crippen LogP contribution in [0.4, 0.5) is 13.2 Å². The highest BCUT2D eigenvalue weighted by Crippen LogP contribution is 2.46. The predicted octanol–water partition coefficient (Wildman–Crippen LogP) is 5.05. The molecule has 0 aliphatic carbocycles. The van der Waals surface area contributed by atoms with Gasteiger partial charge in [-0.15, -0.1) is 0 Å². The molecular formula is C28H31ClF3N3O4. The molecule has 2 fully saturated rings. The molecular weight excluding hydrogens is 535 g/mol. The van der Waals surface area contributed by atoms with Gasteiger partial charge in [-0.3, -0.25) is 14.7 Å². The minimum atomic E-state index is -5.09. The number of halogens is 4. The number of hydrogen-bond donors (Lipinski definition) is 0. The standard InChI is InChI=1S/C28H31ClF3N3O4/c1-26(2)15-20-21(29)4-3-19(23(20)39-26)16-34-12-7-27(22(17-34)38-25(37)28(30,31)32)8-13-35(14-9-27)24(36)18-5-10-33-11-6-18/h3-6,10-11,22H,7-9,12-17H2,1-2H3. The Hall–Kier alpha value is -2.85. The largest absolute Gasteiger partial charge is 0.490 e. The quantitative estimate of drug-likeness (QED) is 0.483. The van der Waals surface area contributed by atoms with Gasteiger partial charge in [0.05, 0.1) is 0 Å². The maximum Gasteiger partial charge on any atom is 0.490 e. The maximum absolute atomic E-state index is 13.2. The van der Waals surface area contributed by atoms with E-state index in [0.29, 0.717) is 62.4 Å². The molecule has 0 radical (unpaired) electrons. The molecule has 1 spiro atoms. The number of aromatic nitrogens is 1. The first-order chi connectivity index (χ1) is 18.4. The second kappa shape index (κ2) is 10.3. The van der Waals surface area contributed by atoms with Gasteiger partial charge in [-0.25, -0.2) is 4.79 Å². The third-order valence-electron chi connectivity index (χ3n) is 8.15. The molecule has 1 aromatic heterocycles. The van der Waals surface area contributed by atoms with Crippen molar-refractivity contribution in [3.8, 4) is 5.75 Å². The van der Waals surface area contributed by atoms with Gasteiger partial charge in [0.2, 0.25) is 0 Å². The molecule has 2 saturated heterocycles. The van der Waals surface area contributed by atoms with Gasteiger partial charge < -0.3 is 14.4 Å². The monoisotopic (exact) mass is 565 g/mol. The first-order valence-electron chi connectivity index (χ1n) is 13.1. The first kappa shape index (κ1) is 27.7. The van der Waals surface area contributed by atoms with Crippen molar-refractivity contribution in [2.45, 2.75) is 64.0 Å². The van der Waals surface area contributed by atoms with Gasteiger partial charge in [-0.1, -0.05) is 17.7 Å². The summed E-state index contributed by atoms with van der Waals surface area (Å²) in [6.45, 7) is 5.90. The van der Waals surface area contributed by atoms with E-state index in [2.05, 4.69) is 4.98 Å². The van der Waals surface area contributed by atoms with Crippen molar-refractivity contribution in [3.63, 3.8) is 0 Å². The molecule has 5 rings (SSSR count). The zero-order valence-corrected chi connectivity index (χ0v) is 22.6. The van der Waals surface area contributed by atoms with Crippen LogP contribution in [0.25, 0.3) is 0 Å². The molecule has 1 amide bonds. The second-order valence-corrected chi connectivity index (χ2v) is 11.7. The molecule has 39 heavy (non-hydrogen) atoms. The normalized spacial score (nSPS) is 22.3. The van der Waals surface area contributed by atoms with E-state index in [-0.39, 0.29) is 12.5 Å². The van der Waals surface area contributed by atoms with Crippen molar-refractivity contribution in [2.75, 3.05) is 26.2 Å². The fourth-order valence-corrected chi connectivity index (χ4v) is 6.23. The lowest BCUT2D eigenvalue weighted by Gasteiger charge is -2.51. The first-order valence-corrected chi connectivity index (χ1v) is 13.4. The number of pyridine rings is 1. The van der Waals surface area contributed by atoms with Crippen molar-refractivity contribution in [1.29, 1.82) is 0 Å². The van der Waals surface area contributed by atoms with E-state index in [4.69, 9.17) is 21.1 Å². The Morgan fingerprint density at radius 1 is 1.10 bits per heavy atom. The van der Waals surface area contributed by atoms with Crippen molar-refractivity contribution in [1.82, 2.24) is 14.8 Å². The number of rotatable bonds is 4. The highest BCUT2D eigenvalue weighted by atomic mass is 35.5. The van der Waals surface area contributed by atoms with Crippen molar-refractivity contribution in [3.05, 3.63) is 58.4 Å². The van der Waals surface area contributed by atoms with Crippen molar-refractivity contribution < 1.29 is 32.2 Å². The fraction of sp³-hybridized carbons (Fsp3) is 0.536. The summed E-state index contributed by atoms with van der Waals surface area (Å²) in [4.78, 5) is 32.5. The summed E-state index contributed by atoms with van der Waals surface area (Å²) >= 11 is 6.42. The number of carbonyl (C=O) groups is 2. The van der Waals surface area contributed by atoms with Crippen LogP contribution in [0.15, 0.2) is 36.7 Å². The van der Waals surface area contributed by atoms with Gasteiger partial charge in [0.1, 0.15) is 17.5 Å². The molecule has 2 aromatic rings. The van der Waals surface area contributed by atoms with E-state index >= 15 is 0 Å². The van der Waals surface area contributed by atoms with Crippen LogP contribution in [0, 0.1) is 5.41 Å². The van der Waals surface area contributed by atoms with Gasteiger partial charge in [-0.2, -0.15) is 13.2 Å². The second-order valence-electron chi connectivity index (χ2n) is 11.3. The number of hydrogen-bond acceptors (Lipinski definition) is 6. The summed E-state index contributed by atoms with van der Waals surface area (Å²) < 4.78 is 51.1. The number of piperidine rings is 2. The number of ether oxygens (including phenoxy) is 2. The highest BCUT2D eigenvalue weighted by Gasteiger charge is 2.51. The van der Waals surface area contributed by atoms with Gasteiger partial charge in [0.25, 0.3) is 5.91 Å². The molecule has 0 saturated carbocycles. The fourth-order valence-electron chi connectivity index (χ4n) is 6.01. The van der Waals surface area contributed by atoms with Crippen molar-refractivity contribution in [2.24, 2.45) is 5.41 Å². The number of fused-ring (bicyclic) bond motifs is 1. The Kier molecular flexibility index (Phi) is 7.30. The number of esters is 1.